The number of fused-ring (bicyclic) bond motifs is 12. The van der Waals surface area contributed by atoms with Gasteiger partial charge in [-0.3, -0.25) is 0 Å². The Hall–Kier alpha value is -11.8. The van der Waals surface area contributed by atoms with Gasteiger partial charge in [-0.05, 0) is 242 Å². The van der Waals surface area contributed by atoms with Crippen LogP contribution in [0.1, 0.15) is 61.1 Å². The van der Waals surface area contributed by atoms with Crippen LogP contribution in [0.25, 0.3) is 121 Å². The molecule has 98 heavy (non-hydrogen) atoms. The topological polar surface area (TPSA) is 6.48 Å². The molecule has 2 aliphatic carbocycles. The first-order valence-corrected chi connectivity index (χ1v) is 34.5. The van der Waals surface area contributed by atoms with Crippen molar-refractivity contribution in [2.24, 2.45) is 0 Å². The monoisotopic (exact) mass is 1250 g/mol. The van der Waals surface area contributed by atoms with Crippen molar-refractivity contribution in [2.45, 2.75) is 52.4 Å². The van der Waals surface area contributed by atoms with Crippen LogP contribution >= 0.6 is 0 Å². The summed E-state index contributed by atoms with van der Waals surface area (Å²) in [5.74, 6) is 0. The zero-order chi connectivity index (χ0) is 66.0. The average molecular weight is 1250 g/mol. The minimum Gasteiger partial charge on any atom is -0.310 e. The summed E-state index contributed by atoms with van der Waals surface area (Å²) in [6.45, 7) is 14.1. The largest absolute Gasteiger partial charge is 0.310 e. The summed E-state index contributed by atoms with van der Waals surface area (Å²) < 4.78 is 0. The summed E-state index contributed by atoms with van der Waals surface area (Å²) in [5.41, 5.74) is 31.4. The highest BCUT2D eigenvalue weighted by Gasteiger charge is 2.37. The molecule has 16 aromatic carbocycles. The molecule has 0 radical (unpaired) electrons. The van der Waals surface area contributed by atoms with E-state index in [0.29, 0.717) is 0 Å². The first kappa shape index (κ1) is 58.7. The van der Waals surface area contributed by atoms with Crippen LogP contribution in [-0.2, 0) is 10.8 Å². The lowest BCUT2D eigenvalue weighted by Crippen LogP contribution is -2.15. The maximum atomic E-state index is 2.49. The van der Waals surface area contributed by atoms with E-state index in [2.05, 4.69) is 379 Å². The Labute approximate surface area is 574 Å². The molecule has 0 heterocycles. The van der Waals surface area contributed by atoms with Gasteiger partial charge in [-0.15, -0.1) is 0 Å². The third-order valence-electron chi connectivity index (χ3n) is 21.7. The van der Waals surface area contributed by atoms with Crippen LogP contribution in [-0.4, -0.2) is 0 Å². The van der Waals surface area contributed by atoms with E-state index in [1.54, 1.807) is 0 Å². The lowest BCUT2D eigenvalue weighted by atomic mass is 9.81. The van der Waals surface area contributed by atoms with Crippen LogP contribution in [0.2, 0.25) is 0 Å². The number of hydrogen-bond donors (Lipinski definition) is 0. The molecule has 2 heteroatoms. The van der Waals surface area contributed by atoms with E-state index in [0.717, 1.165) is 45.3 Å². The lowest BCUT2D eigenvalue weighted by Gasteiger charge is -2.30. The summed E-state index contributed by atoms with van der Waals surface area (Å²) >= 11 is 0. The molecule has 2 aliphatic rings. The van der Waals surface area contributed by atoms with Crippen LogP contribution in [0.3, 0.4) is 0 Å². The van der Waals surface area contributed by atoms with Crippen molar-refractivity contribution in [2.75, 3.05) is 9.80 Å². The molecule has 2 nitrogen and oxygen atoms in total. The quantitative estimate of drug-likeness (QED) is 0.119. The van der Waals surface area contributed by atoms with Gasteiger partial charge in [0.15, 0.2) is 0 Å². The Kier molecular flexibility index (Phi) is 13.7. The van der Waals surface area contributed by atoms with Gasteiger partial charge < -0.3 is 9.80 Å². The molecule has 0 N–H and O–H groups in total. The van der Waals surface area contributed by atoms with Crippen LogP contribution in [0.15, 0.2) is 328 Å². The zero-order valence-corrected chi connectivity index (χ0v) is 56.1. The zero-order valence-electron chi connectivity index (χ0n) is 56.1. The van der Waals surface area contributed by atoms with Crippen molar-refractivity contribution < 1.29 is 0 Å². The molecule has 0 saturated heterocycles. The molecule has 0 unspecified atom stereocenters. The third-order valence-corrected chi connectivity index (χ3v) is 21.7. The second-order valence-corrected chi connectivity index (χ2v) is 28.0. The van der Waals surface area contributed by atoms with E-state index in [-0.39, 0.29) is 10.8 Å². The standard InChI is InChI=1S/C96H72N2/c1-61-55-65(45-53-91(61)97(71-47-39-63(40-48-71)85-57-67-23-7-9-25-73(67)77-29-11-13-31-79(77)85)93-37-21-17-27-75(93)69-43-51-83-81-33-15-19-35-87(81)95(3,4)89(83)59-69)66-46-54-92(62(2)56-66)98(72-49-41-64(42-50-72)86-58-68-24-8-10-26-74(68)78-30-12-14-32-80(78)86)94-38-22-18-28-76(94)70-44-52-84-82-34-16-20-36-88(82)96(5,6)90(84)60-70/h7-60H,1-6H3. The van der Waals surface area contributed by atoms with Crippen LogP contribution in [0.5, 0.6) is 0 Å². The second-order valence-electron chi connectivity index (χ2n) is 28.0. The van der Waals surface area contributed by atoms with Gasteiger partial charge in [0.1, 0.15) is 0 Å². The van der Waals surface area contributed by atoms with E-state index >= 15 is 0 Å². The Balaban J connectivity index is 0.750. The molecule has 0 saturated carbocycles. The summed E-state index contributed by atoms with van der Waals surface area (Å²) in [6, 6.07) is 123. The highest BCUT2D eigenvalue weighted by Crippen LogP contribution is 2.54. The molecule has 466 valence electrons. The predicted molar refractivity (Wildman–Crippen MR) is 418 cm³/mol. The minimum atomic E-state index is -0.139. The molecule has 0 amide bonds. The summed E-state index contributed by atoms with van der Waals surface area (Å²) in [4.78, 5) is 4.98. The number of benzene rings is 16. The molecule has 0 spiro atoms. The van der Waals surface area contributed by atoms with Crippen LogP contribution < -0.4 is 9.80 Å². The van der Waals surface area contributed by atoms with Gasteiger partial charge in [0.2, 0.25) is 0 Å². The van der Waals surface area contributed by atoms with Gasteiger partial charge in [0.05, 0.1) is 11.4 Å². The number of hydrogen-bond acceptors (Lipinski definition) is 2. The molecule has 0 aromatic heterocycles. The van der Waals surface area contributed by atoms with Crippen molar-refractivity contribution >= 4 is 77.2 Å². The molecule has 0 aliphatic heterocycles. The number of anilines is 6. The smallest absolute Gasteiger partial charge is 0.0540 e. The van der Waals surface area contributed by atoms with E-state index in [1.807, 2.05) is 0 Å². The highest BCUT2D eigenvalue weighted by atomic mass is 15.2. The van der Waals surface area contributed by atoms with Crippen molar-refractivity contribution in [3.8, 4) is 77.9 Å². The van der Waals surface area contributed by atoms with Gasteiger partial charge >= 0.3 is 0 Å². The third kappa shape index (κ3) is 9.45. The van der Waals surface area contributed by atoms with Gasteiger partial charge in [-0.25, -0.2) is 0 Å². The average Bonchev–Trinajstić information content (AvgIpc) is 1.52. The summed E-state index contributed by atoms with van der Waals surface area (Å²) in [6.07, 6.45) is 0. The number of nitrogens with zero attached hydrogens (tertiary/aromatic N) is 2. The fourth-order valence-corrected chi connectivity index (χ4v) is 16.7. The molecule has 0 bridgehead atoms. The fourth-order valence-electron chi connectivity index (χ4n) is 16.7. The lowest BCUT2D eigenvalue weighted by molar-refractivity contribution is 0.660. The maximum Gasteiger partial charge on any atom is 0.0540 e. The Morgan fingerprint density at radius 2 is 0.520 bits per heavy atom. The van der Waals surface area contributed by atoms with Gasteiger partial charge in [0.25, 0.3) is 0 Å². The van der Waals surface area contributed by atoms with Crippen molar-refractivity contribution in [1.82, 2.24) is 0 Å². The maximum absolute atomic E-state index is 2.49. The van der Waals surface area contributed by atoms with E-state index in [4.69, 9.17) is 0 Å². The van der Waals surface area contributed by atoms with Gasteiger partial charge in [0, 0.05) is 44.7 Å². The second kappa shape index (κ2) is 22.9. The highest BCUT2D eigenvalue weighted by molar-refractivity contribution is 6.15. The Morgan fingerprint density at radius 1 is 0.204 bits per heavy atom. The fraction of sp³-hybridized carbons (Fsp3) is 0.0833. The summed E-state index contributed by atoms with van der Waals surface area (Å²) in [7, 11) is 0. The van der Waals surface area contributed by atoms with Gasteiger partial charge in [-0.1, -0.05) is 270 Å². The first-order valence-electron chi connectivity index (χ1n) is 34.5. The normalized spacial score (nSPS) is 13.2. The molecule has 0 fully saturated rings. The Morgan fingerprint density at radius 3 is 0.929 bits per heavy atom. The number of aryl methyl sites for hydroxylation is 2. The van der Waals surface area contributed by atoms with E-state index in [1.165, 1.54) is 143 Å². The van der Waals surface area contributed by atoms with E-state index < -0.39 is 0 Å². The number of rotatable bonds is 11. The van der Waals surface area contributed by atoms with Crippen molar-refractivity contribution in [1.29, 1.82) is 0 Å². The van der Waals surface area contributed by atoms with Gasteiger partial charge in [-0.2, -0.15) is 0 Å². The van der Waals surface area contributed by atoms with E-state index in [9.17, 15) is 0 Å². The van der Waals surface area contributed by atoms with Crippen LogP contribution in [0.4, 0.5) is 34.1 Å². The molecular weight excluding hydrogens is 1180 g/mol. The summed E-state index contributed by atoms with van der Waals surface area (Å²) in [5, 5.41) is 10.1. The number of para-hydroxylation sites is 2. The molecule has 16 aromatic rings. The molecule has 18 rings (SSSR count). The first-order chi connectivity index (χ1) is 47.9. The van der Waals surface area contributed by atoms with Crippen molar-refractivity contribution in [3.05, 3.63) is 361 Å². The molecule has 0 atom stereocenters. The Bertz CT molecular complexity index is 5540. The minimum absolute atomic E-state index is 0.139. The molecular formula is C96H72N2. The predicted octanol–water partition coefficient (Wildman–Crippen LogP) is 26.8. The van der Waals surface area contributed by atoms with Crippen molar-refractivity contribution in [3.63, 3.8) is 0 Å². The SMILES string of the molecule is Cc1cc(-c2ccc(N(c3ccc(-c4cc5ccccc5c5ccccc45)cc3)c3ccccc3-c3ccc4c(c3)C(C)(C)c3ccccc3-4)c(C)c2)ccc1N(c1ccc(-c2cc3ccccc3c3ccccc23)cc1)c1ccccc1-c1ccc2c(c1)C(C)(C)c1ccccc1-2. The van der Waals surface area contributed by atoms with Crippen LogP contribution in [0, 0.1) is 13.8 Å².